The van der Waals surface area contributed by atoms with Crippen molar-refractivity contribution >= 4 is 0 Å². The second kappa shape index (κ2) is 2.03. The molecular weight excluding hydrogens is 148 g/mol. The second-order valence-corrected chi connectivity index (χ2v) is 3.66. The van der Waals surface area contributed by atoms with E-state index >= 15 is 0 Å². The molecule has 1 aromatic rings. The smallest absolute Gasteiger partial charge is 0.123 e. The van der Waals surface area contributed by atoms with Crippen molar-refractivity contribution < 1.29 is 6.11 Å². The molecule has 0 saturated heterocycles. The van der Waals surface area contributed by atoms with Crippen molar-refractivity contribution in [1.82, 2.24) is 0 Å². The summed E-state index contributed by atoms with van der Waals surface area (Å²) in [6, 6.07) is 8.17. The van der Waals surface area contributed by atoms with Crippen LogP contribution in [0.5, 0.6) is 5.75 Å². The zero-order valence-electron chi connectivity index (χ0n) is 7.92. The highest BCUT2D eigenvalue weighted by Gasteiger charge is 2.47. The van der Waals surface area contributed by atoms with Crippen LogP contribution in [0, 0.1) is 0 Å². The molecule has 1 aliphatic carbocycles. The predicted molar refractivity (Wildman–Crippen MR) is 47.5 cm³/mol. The molecule has 2 aliphatic rings. The molecule has 1 aliphatic heterocycles. The maximum atomic E-state index is 7.81. The van der Waals surface area contributed by atoms with E-state index in [4.69, 9.17) is 6.11 Å². The fourth-order valence-electron chi connectivity index (χ4n) is 2.03. The molecule has 0 amide bonds. The largest absolute Gasteiger partial charge is 0.493 e. The van der Waals surface area contributed by atoms with Gasteiger partial charge in [0.15, 0.2) is 0 Å². The lowest BCUT2D eigenvalue weighted by Gasteiger charge is -2.25. The van der Waals surface area contributed by atoms with Gasteiger partial charge in [-0.2, -0.15) is 0 Å². The van der Waals surface area contributed by atoms with Crippen molar-refractivity contribution in [3.8, 4) is 5.75 Å². The van der Waals surface area contributed by atoms with Gasteiger partial charge in [0.1, 0.15) is 5.75 Å². The van der Waals surface area contributed by atoms with E-state index in [-0.39, 0.29) is 11.8 Å². The Morgan fingerprint density at radius 1 is 1.33 bits per heavy atom. The maximum Gasteiger partial charge on any atom is 0.123 e. The molecule has 0 aromatic heterocycles. The molecule has 1 aromatic carbocycles. The van der Waals surface area contributed by atoms with Crippen molar-refractivity contribution in [3.63, 3.8) is 0 Å². The van der Waals surface area contributed by atoms with Crippen LogP contribution in [-0.2, 0) is 5.41 Å². The Morgan fingerprint density at radius 3 is 3.00 bits per heavy atom. The zero-order chi connectivity index (χ0) is 8.89. The van der Waals surface area contributed by atoms with Gasteiger partial charge in [-0.1, -0.05) is 18.2 Å². The van der Waals surface area contributed by atoms with Crippen molar-refractivity contribution in [3.05, 3.63) is 29.8 Å². The van der Waals surface area contributed by atoms with Gasteiger partial charge in [0.05, 0.1) is 6.61 Å². The fourth-order valence-corrected chi connectivity index (χ4v) is 2.03. The van der Waals surface area contributed by atoms with Crippen LogP contribution in [-0.4, -0.2) is 6.61 Å². The van der Waals surface area contributed by atoms with Crippen molar-refractivity contribution in [2.45, 2.75) is 24.7 Å². The summed E-state index contributed by atoms with van der Waals surface area (Å²) in [5, 5.41) is 0. The number of fused-ring (bicyclic) bond motifs is 2. The monoisotopic (exact) mass is 161 g/mol. The molecule has 0 radical (unpaired) electrons. The summed E-state index contributed by atoms with van der Waals surface area (Å²) in [6.45, 7) is 0.784. The third kappa shape index (κ3) is 0.739. The minimum atomic E-state index is 0.109. The minimum absolute atomic E-state index is 0.109. The average Bonchev–Trinajstić information content (AvgIpc) is 2.79. The first-order valence-corrected chi connectivity index (χ1v) is 4.47. The fraction of sp³-hybridized carbons (Fsp3) is 0.455. The summed E-state index contributed by atoms with van der Waals surface area (Å²) in [6.07, 6.45) is 2.16. The highest BCUT2D eigenvalue weighted by Crippen LogP contribution is 2.55. The molecule has 3 rings (SSSR count). The van der Waals surface area contributed by atoms with E-state index in [2.05, 4.69) is 6.07 Å². The molecule has 0 N–H and O–H groups in total. The first-order chi connectivity index (χ1) is 6.33. The number of hydrogen-bond acceptors (Lipinski definition) is 1. The average molecular weight is 161 g/mol. The van der Waals surface area contributed by atoms with Crippen LogP contribution in [0.1, 0.15) is 26.2 Å². The van der Waals surface area contributed by atoms with Crippen molar-refractivity contribution in [2.24, 2.45) is 0 Å². The first kappa shape index (κ1) is 5.63. The Kier molecular flexibility index (Phi) is 0.954. The van der Waals surface area contributed by atoms with Crippen LogP contribution in [0.25, 0.3) is 0 Å². The molecular formula is C11H12O. The van der Waals surface area contributed by atoms with E-state index in [1.165, 1.54) is 5.56 Å². The summed E-state index contributed by atoms with van der Waals surface area (Å²) in [4.78, 5) is 0. The number of ether oxygens (including phenoxy) is 1. The van der Waals surface area contributed by atoms with Gasteiger partial charge >= 0.3 is 0 Å². The van der Waals surface area contributed by atoms with Gasteiger partial charge in [-0.15, -0.1) is 0 Å². The predicted octanol–water partition coefficient (Wildman–Crippen LogP) is 2.50. The Balaban J connectivity index is 2.13. The quantitative estimate of drug-likeness (QED) is 0.568. The highest BCUT2D eigenvalue weighted by atomic mass is 16.5. The highest BCUT2D eigenvalue weighted by molar-refractivity contribution is 5.44. The number of para-hydroxylation sites is 1. The lowest BCUT2D eigenvalue weighted by molar-refractivity contribution is 0.260. The molecule has 2 atom stereocenters. The normalized spacial score (nSPS) is 38.3. The van der Waals surface area contributed by atoms with Crippen LogP contribution in [0.4, 0.5) is 0 Å². The number of hydrogen-bond donors (Lipinski definition) is 0. The second-order valence-electron chi connectivity index (χ2n) is 3.66. The molecule has 1 spiro atoms. The van der Waals surface area contributed by atoms with E-state index in [1.54, 1.807) is 0 Å². The zero-order valence-corrected chi connectivity index (χ0v) is 6.92. The van der Waals surface area contributed by atoms with E-state index in [1.807, 2.05) is 18.2 Å². The standard InChI is InChI=1S/C11H12O/c1-2-4-10-9(3-1)11(5-6-11)7-8-12-10/h1-4H,5-8H2/i5D. The van der Waals surface area contributed by atoms with Crippen molar-refractivity contribution in [1.29, 1.82) is 0 Å². The summed E-state index contributed by atoms with van der Waals surface area (Å²) in [7, 11) is 0. The summed E-state index contributed by atoms with van der Waals surface area (Å²) in [5.74, 6) is 1.00. The Bertz CT molecular complexity index is 350. The van der Waals surface area contributed by atoms with Gasteiger partial charge in [-0.3, -0.25) is 0 Å². The van der Waals surface area contributed by atoms with Crippen LogP contribution in [0.3, 0.4) is 0 Å². The molecule has 1 saturated carbocycles. The Labute approximate surface area is 73.8 Å². The minimum Gasteiger partial charge on any atom is -0.493 e. The van der Waals surface area contributed by atoms with E-state index in [0.29, 0.717) is 0 Å². The SMILES string of the molecule is [2H]C1CC12CCOc1ccccc12. The van der Waals surface area contributed by atoms with Gasteiger partial charge in [-0.05, 0) is 25.3 Å². The van der Waals surface area contributed by atoms with E-state index in [9.17, 15) is 0 Å². The molecule has 1 nitrogen and oxygen atoms in total. The maximum absolute atomic E-state index is 7.81. The van der Waals surface area contributed by atoms with Gasteiger partial charge in [0, 0.05) is 12.3 Å². The molecule has 0 bridgehead atoms. The molecule has 1 fully saturated rings. The van der Waals surface area contributed by atoms with Gasteiger partial charge in [0.2, 0.25) is 0 Å². The van der Waals surface area contributed by atoms with Crippen LogP contribution in [0.15, 0.2) is 24.3 Å². The third-order valence-electron chi connectivity index (χ3n) is 2.93. The number of benzene rings is 1. The number of rotatable bonds is 0. The van der Waals surface area contributed by atoms with Gasteiger partial charge < -0.3 is 4.74 Å². The van der Waals surface area contributed by atoms with E-state index in [0.717, 1.165) is 25.2 Å². The summed E-state index contributed by atoms with van der Waals surface area (Å²) in [5.41, 5.74) is 1.43. The first-order valence-electron chi connectivity index (χ1n) is 5.05. The molecule has 2 unspecified atom stereocenters. The summed E-state index contributed by atoms with van der Waals surface area (Å²) >= 11 is 0. The van der Waals surface area contributed by atoms with Crippen LogP contribution >= 0.6 is 0 Å². The van der Waals surface area contributed by atoms with Gasteiger partial charge in [-0.25, -0.2) is 0 Å². The third-order valence-corrected chi connectivity index (χ3v) is 2.93. The molecule has 62 valence electrons. The lowest BCUT2D eigenvalue weighted by atomic mass is 9.90. The topological polar surface area (TPSA) is 9.23 Å². The molecule has 1 heteroatoms. The van der Waals surface area contributed by atoms with Crippen molar-refractivity contribution in [2.75, 3.05) is 6.61 Å². The van der Waals surface area contributed by atoms with Crippen LogP contribution in [0.2, 0.25) is 0 Å². The van der Waals surface area contributed by atoms with Gasteiger partial charge in [0.25, 0.3) is 0 Å². The van der Waals surface area contributed by atoms with E-state index < -0.39 is 0 Å². The Morgan fingerprint density at radius 2 is 2.17 bits per heavy atom. The molecule has 1 heterocycles. The Hall–Kier alpha value is -0.980. The summed E-state index contributed by atoms with van der Waals surface area (Å²) < 4.78 is 13.4. The molecule has 12 heavy (non-hydrogen) atoms. The lowest BCUT2D eigenvalue weighted by Crippen LogP contribution is -2.19. The van der Waals surface area contributed by atoms with Crippen LogP contribution < -0.4 is 4.74 Å².